The Kier molecular flexibility index (Phi) is 8.52. The Balaban J connectivity index is 2.16. The molecule has 0 saturated heterocycles. The lowest BCUT2D eigenvalue weighted by Gasteiger charge is -2.10. The first kappa shape index (κ1) is 16.2. The lowest BCUT2D eigenvalue weighted by atomic mass is 10.0. The van der Waals surface area contributed by atoms with E-state index in [0.717, 1.165) is 0 Å². The molecule has 0 aliphatic heterocycles. The summed E-state index contributed by atoms with van der Waals surface area (Å²) >= 11 is 0. The number of rotatable bonds is 10. The molecule has 0 bridgehead atoms. The number of hydrogen-bond acceptors (Lipinski definition) is 2. The van der Waals surface area contributed by atoms with Crippen molar-refractivity contribution in [3.05, 3.63) is 35.4 Å². The van der Waals surface area contributed by atoms with Crippen molar-refractivity contribution in [2.24, 2.45) is 5.84 Å². The van der Waals surface area contributed by atoms with Gasteiger partial charge in [0.15, 0.2) is 0 Å². The molecule has 108 valence electrons. The number of unbranched alkanes of at least 4 members (excludes halogenated alkanes) is 6. The summed E-state index contributed by atoms with van der Waals surface area (Å²) in [7, 11) is 0. The van der Waals surface area contributed by atoms with Gasteiger partial charge in [0.25, 0.3) is 0 Å². The Labute approximate surface area is 118 Å². The minimum atomic E-state index is 0.229. The summed E-state index contributed by atoms with van der Waals surface area (Å²) < 4.78 is 0. The second-order valence-electron chi connectivity index (χ2n) is 5.50. The summed E-state index contributed by atoms with van der Waals surface area (Å²) in [6, 6.07) is 9.07. The number of nitrogens with one attached hydrogen (secondary N) is 1. The van der Waals surface area contributed by atoms with Gasteiger partial charge in [-0.3, -0.25) is 11.3 Å². The van der Waals surface area contributed by atoms with Crippen LogP contribution in [0.4, 0.5) is 0 Å². The number of nitrogens with two attached hydrogens (primary N) is 1. The van der Waals surface area contributed by atoms with E-state index in [0.29, 0.717) is 0 Å². The van der Waals surface area contributed by atoms with Crippen molar-refractivity contribution in [1.82, 2.24) is 5.43 Å². The van der Waals surface area contributed by atoms with Crippen molar-refractivity contribution in [2.75, 3.05) is 0 Å². The highest BCUT2D eigenvalue weighted by Gasteiger charge is 2.02. The summed E-state index contributed by atoms with van der Waals surface area (Å²) in [4.78, 5) is 0. The minimum absolute atomic E-state index is 0.229. The van der Waals surface area contributed by atoms with Gasteiger partial charge in [-0.25, -0.2) is 0 Å². The third-order valence-corrected chi connectivity index (χ3v) is 3.80. The molecule has 0 spiro atoms. The lowest BCUT2D eigenvalue weighted by molar-refractivity contribution is 0.588. The fraction of sp³-hybridized carbons (Fsp3) is 0.647. The Morgan fingerprint density at radius 1 is 0.947 bits per heavy atom. The van der Waals surface area contributed by atoms with Crippen molar-refractivity contribution >= 4 is 0 Å². The molecule has 1 atom stereocenters. The third-order valence-electron chi connectivity index (χ3n) is 3.80. The molecular formula is C17H30N2. The fourth-order valence-electron chi connectivity index (χ4n) is 2.36. The van der Waals surface area contributed by atoms with Crippen molar-refractivity contribution in [3.8, 4) is 0 Å². The molecule has 0 amide bonds. The van der Waals surface area contributed by atoms with Gasteiger partial charge in [-0.2, -0.15) is 0 Å². The third kappa shape index (κ3) is 6.74. The second-order valence-corrected chi connectivity index (χ2v) is 5.50. The predicted molar refractivity (Wildman–Crippen MR) is 83.9 cm³/mol. The number of benzene rings is 1. The lowest BCUT2D eigenvalue weighted by Crippen LogP contribution is -2.25. The van der Waals surface area contributed by atoms with Gasteiger partial charge >= 0.3 is 0 Å². The molecule has 0 aliphatic carbocycles. The van der Waals surface area contributed by atoms with Crippen LogP contribution in [0, 0.1) is 0 Å². The highest BCUT2D eigenvalue weighted by Crippen LogP contribution is 2.15. The van der Waals surface area contributed by atoms with E-state index in [1.165, 1.54) is 62.5 Å². The SMILES string of the molecule is CCCCCCCCCc1ccc(C(C)NN)cc1. The standard InChI is InChI=1S/C17H30N2/c1-3-4-5-6-7-8-9-10-16-11-13-17(14-12-16)15(2)19-18/h11-15,19H,3-10,18H2,1-2H3. The first-order valence-corrected chi connectivity index (χ1v) is 7.83. The van der Waals surface area contributed by atoms with E-state index in [4.69, 9.17) is 5.84 Å². The number of hydrogen-bond donors (Lipinski definition) is 2. The van der Waals surface area contributed by atoms with Crippen molar-refractivity contribution in [2.45, 2.75) is 71.3 Å². The van der Waals surface area contributed by atoms with Gasteiger partial charge in [0.1, 0.15) is 0 Å². The van der Waals surface area contributed by atoms with E-state index in [-0.39, 0.29) is 6.04 Å². The fourth-order valence-corrected chi connectivity index (χ4v) is 2.36. The Hall–Kier alpha value is -0.860. The predicted octanol–water partition coefficient (Wildman–Crippen LogP) is 4.50. The highest BCUT2D eigenvalue weighted by atomic mass is 15.2. The minimum Gasteiger partial charge on any atom is -0.271 e. The summed E-state index contributed by atoms with van der Waals surface area (Å²) in [6.07, 6.45) is 10.8. The average Bonchev–Trinajstić information content (AvgIpc) is 2.46. The van der Waals surface area contributed by atoms with E-state index in [9.17, 15) is 0 Å². The van der Waals surface area contributed by atoms with E-state index >= 15 is 0 Å². The normalized spacial score (nSPS) is 12.6. The first-order valence-electron chi connectivity index (χ1n) is 7.83. The van der Waals surface area contributed by atoms with Gasteiger partial charge in [0.2, 0.25) is 0 Å². The quantitative estimate of drug-likeness (QED) is 0.370. The molecule has 3 N–H and O–H groups in total. The molecule has 2 heteroatoms. The molecule has 1 unspecified atom stereocenters. The molecule has 0 saturated carbocycles. The molecule has 0 aliphatic rings. The molecule has 19 heavy (non-hydrogen) atoms. The zero-order chi connectivity index (χ0) is 13.9. The summed E-state index contributed by atoms with van der Waals surface area (Å²) in [5.74, 6) is 5.44. The maximum atomic E-state index is 5.44. The summed E-state index contributed by atoms with van der Waals surface area (Å²) in [6.45, 7) is 4.34. The number of aryl methyl sites for hydroxylation is 1. The highest BCUT2D eigenvalue weighted by molar-refractivity contribution is 5.24. The largest absolute Gasteiger partial charge is 0.271 e. The summed E-state index contributed by atoms with van der Waals surface area (Å²) in [5.41, 5.74) is 5.48. The molecule has 0 heterocycles. The maximum Gasteiger partial charge on any atom is 0.0431 e. The Bertz CT molecular complexity index is 319. The monoisotopic (exact) mass is 262 g/mol. The van der Waals surface area contributed by atoms with Crippen LogP contribution < -0.4 is 11.3 Å². The van der Waals surface area contributed by atoms with Crippen molar-refractivity contribution in [1.29, 1.82) is 0 Å². The van der Waals surface area contributed by atoms with E-state index < -0.39 is 0 Å². The van der Waals surface area contributed by atoms with Crippen molar-refractivity contribution in [3.63, 3.8) is 0 Å². The molecule has 2 nitrogen and oxygen atoms in total. The Morgan fingerprint density at radius 2 is 1.53 bits per heavy atom. The zero-order valence-electron chi connectivity index (χ0n) is 12.6. The van der Waals surface area contributed by atoms with Crippen molar-refractivity contribution < 1.29 is 0 Å². The van der Waals surface area contributed by atoms with E-state index in [1.807, 2.05) is 0 Å². The molecule has 1 aromatic rings. The van der Waals surface area contributed by atoms with Crippen LogP contribution in [0.15, 0.2) is 24.3 Å². The average molecular weight is 262 g/mol. The van der Waals surface area contributed by atoms with Crippen LogP contribution in [-0.2, 0) is 6.42 Å². The molecule has 1 rings (SSSR count). The van der Waals surface area contributed by atoms with Gasteiger partial charge in [-0.15, -0.1) is 0 Å². The van der Waals surface area contributed by atoms with Crippen LogP contribution >= 0.6 is 0 Å². The molecule has 0 fully saturated rings. The van der Waals surface area contributed by atoms with Crippen LogP contribution in [0.25, 0.3) is 0 Å². The van der Waals surface area contributed by atoms with Crippen LogP contribution in [0.1, 0.15) is 76.0 Å². The van der Waals surface area contributed by atoms with E-state index in [1.54, 1.807) is 0 Å². The van der Waals surface area contributed by atoms with Crippen LogP contribution in [0.2, 0.25) is 0 Å². The topological polar surface area (TPSA) is 38.0 Å². The second kappa shape index (κ2) is 9.99. The molecule has 1 aromatic carbocycles. The first-order chi connectivity index (χ1) is 9.27. The molecular weight excluding hydrogens is 232 g/mol. The van der Waals surface area contributed by atoms with Gasteiger partial charge in [0, 0.05) is 6.04 Å². The molecule has 0 radical (unpaired) electrons. The zero-order valence-corrected chi connectivity index (χ0v) is 12.6. The van der Waals surface area contributed by atoms with Gasteiger partial charge < -0.3 is 0 Å². The molecule has 0 aromatic heterocycles. The van der Waals surface area contributed by atoms with E-state index in [2.05, 4.69) is 43.5 Å². The van der Waals surface area contributed by atoms with Crippen LogP contribution in [0.5, 0.6) is 0 Å². The number of hydrazine groups is 1. The van der Waals surface area contributed by atoms with Crippen LogP contribution in [-0.4, -0.2) is 0 Å². The van der Waals surface area contributed by atoms with Crippen LogP contribution in [0.3, 0.4) is 0 Å². The summed E-state index contributed by atoms with van der Waals surface area (Å²) in [5, 5.41) is 0. The van der Waals surface area contributed by atoms with Gasteiger partial charge in [-0.05, 0) is 30.9 Å². The smallest absolute Gasteiger partial charge is 0.0431 e. The maximum absolute atomic E-state index is 5.44. The van der Waals surface area contributed by atoms with Gasteiger partial charge in [0.05, 0.1) is 0 Å². The Morgan fingerprint density at radius 3 is 2.11 bits per heavy atom. The van der Waals surface area contributed by atoms with Gasteiger partial charge in [-0.1, -0.05) is 69.7 Å².